The normalized spacial score (nSPS) is 20.4. The zero-order chi connectivity index (χ0) is 13.0. The molecule has 0 aromatic heterocycles. The number of piperidine rings is 1. The Kier molecular flexibility index (Phi) is 4.61. The number of nitrogens with zero attached hydrogens (tertiary/aromatic N) is 2. The molecule has 1 aliphatic rings. The van der Waals surface area contributed by atoms with Crippen molar-refractivity contribution in [1.29, 1.82) is 0 Å². The molecular formula is C15H24N2O. The Hall–Kier alpha value is -1.06. The van der Waals surface area contributed by atoms with Crippen LogP contribution in [0.1, 0.15) is 18.4 Å². The molecule has 0 saturated carbocycles. The molecule has 100 valence electrons. The van der Waals surface area contributed by atoms with Gasteiger partial charge in [0, 0.05) is 31.4 Å². The SMILES string of the molecule is Cc1ccccc1N1CCCC(N(C)CCO)C1. The van der Waals surface area contributed by atoms with Crippen LogP contribution in [0.3, 0.4) is 0 Å². The number of aliphatic hydroxyl groups is 1. The Morgan fingerprint density at radius 2 is 2.17 bits per heavy atom. The summed E-state index contributed by atoms with van der Waals surface area (Å²) in [6.45, 7) is 5.41. The summed E-state index contributed by atoms with van der Waals surface area (Å²) in [6.07, 6.45) is 2.47. The summed E-state index contributed by atoms with van der Waals surface area (Å²) < 4.78 is 0. The van der Waals surface area contributed by atoms with Gasteiger partial charge in [0.1, 0.15) is 0 Å². The van der Waals surface area contributed by atoms with E-state index in [2.05, 4.69) is 48.0 Å². The minimum absolute atomic E-state index is 0.247. The Labute approximate surface area is 110 Å². The Morgan fingerprint density at radius 3 is 2.89 bits per heavy atom. The highest BCUT2D eigenvalue weighted by Gasteiger charge is 2.23. The molecule has 1 fully saturated rings. The first-order chi connectivity index (χ1) is 8.72. The average molecular weight is 248 g/mol. The third-order valence-corrected chi connectivity index (χ3v) is 3.93. The van der Waals surface area contributed by atoms with Gasteiger partial charge in [0.15, 0.2) is 0 Å². The number of hydrogen-bond donors (Lipinski definition) is 1. The fraction of sp³-hybridized carbons (Fsp3) is 0.600. The maximum atomic E-state index is 9.04. The van der Waals surface area contributed by atoms with Gasteiger partial charge >= 0.3 is 0 Å². The maximum Gasteiger partial charge on any atom is 0.0558 e. The van der Waals surface area contributed by atoms with Crippen molar-refractivity contribution in [2.75, 3.05) is 38.2 Å². The van der Waals surface area contributed by atoms with E-state index in [4.69, 9.17) is 5.11 Å². The lowest BCUT2D eigenvalue weighted by atomic mass is 10.0. The van der Waals surface area contributed by atoms with E-state index in [1.54, 1.807) is 0 Å². The highest BCUT2D eigenvalue weighted by atomic mass is 16.3. The average Bonchev–Trinajstić information content (AvgIpc) is 2.40. The quantitative estimate of drug-likeness (QED) is 0.881. The van der Waals surface area contributed by atoms with Crippen molar-refractivity contribution in [3.05, 3.63) is 29.8 Å². The number of likely N-dealkylation sites (N-methyl/N-ethyl adjacent to an activating group) is 1. The van der Waals surface area contributed by atoms with Gasteiger partial charge < -0.3 is 10.0 Å². The molecule has 0 spiro atoms. The lowest BCUT2D eigenvalue weighted by molar-refractivity contribution is 0.166. The number of aryl methyl sites for hydroxylation is 1. The molecule has 2 rings (SSSR count). The van der Waals surface area contributed by atoms with Crippen molar-refractivity contribution < 1.29 is 5.11 Å². The van der Waals surface area contributed by atoms with Crippen LogP contribution in [0.25, 0.3) is 0 Å². The standard InChI is InChI=1S/C15H24N2O/c1-13-6-3-4-8-15(13)17-9-5-7-14(12-17)16(2)10-11-18/h3-4,6,8,14,18H,5,7,9-12H2,1-2H3. The van der Waals surface area contributed by atoms with Crippen LogP contribution >= 0.6 is 0 Å². The van der Waals surface area contributed by atoms with Gasteiger partial charge in [0.25, 0.3) is 0 Å². The van der Waals surface area contributed by atoms with E-state index >= 15 is 0 Å². The van der Waals surface area contributed by atoms with Gasteiger partial charge in [-0.2, -0.15) is 0 Å². The van der Waals surface area contributed by atoms with Crippen LogP contribution in [-0.4, -0.2) is 49.3 Å². The highest BCUT2D eigenvalue weighted by Crippen LogP contribution is 2.24. The van der Waals surface area contributed by atoms with Crippen molar-refractivity contribution >= 4 is 5.69 Å². The van der Waals surface area contributed by atoms with Crippen molar-refractivity contribution in [2.24, 2.45) is 0 Å². The maximum absolute atomic E-state index is 9.04. The molecule has 1 atom stereocenters. The third kappa shape index (κ3) is 3.03. The summed E-state index contributed by atoms with van der Waals surface area (Å²) in [7, 11) is 2.11. The first-order valence-corrected chi connectivity index (χ1v) is 6.84. The fourth-order valence-electron chi connectivity index (χ4n) is 2.79. The summed E-state index contributed by atoms with van der Waals surface area (Å²) in [5, 5.41) is 9.04. The zero-order valence-corrected chi connectivity index (χ0v) is 11.5. The van der Waals surface area contributed by atoms with Crippen molar-refractivity contribution in [3.8, 4) is 0 Å². The van der Waals surface area contributed by atoms with E-state index in [-0.39, 0.29) is 6.61 Å². The Balaban J connectivity index is 2.05. The van der Waals surface area contributed by atoms with E-state index in [0.29, 0.717) is 6.04 Å². The fourth-order valence-corrected chi connectivity index (χ4v) is 2.79. The second-order valence-electron chi connectivity index (χ2n) is 5.23. The van der Waals surface area contributed by atoms with Gasteiger partial charge in [-0.25, -0.2) is 0 Å². The zero-order valence-electron chi connectivity index (χ0n) is 11.5. The van der Waals surface area contributed by atoms with Crippen LogP contribution in [-0.2, 0) is 0 Å². The lowest BCUT2D eigenvalue weighted by Gasteiger charge is -2.39. The van der Waals surface area contributed by atoms with Crippen LogP contribution in [0.2, 0.25) is 0 Å². The minimum atomic E-state index is 0.247. The summed E-state index contributed by atoms with van der Waals surface area (Å²) >= 11 is 0. The third-order valence-electron chi connectivity index (χ3n) is 3.93. The van der Waals surface area contributed by atoms with Crippen LogP contribution in [0.4, 0.5) is 5.69 Å². The van der Waals surface area contributed by atoms with Gasteiger partial charge in [-0.1, -0.05) is 18.2 Å². The first-order valence-electron chi connectivity index (χ1n) is 6.84. The molecule has 3 heteroatoms. The van der Waals surface area contributed by atoms with Crippen LogP contribution < -0.4 is 4.90 Å². The number of aliphatic hydroxyl groups excluding tert-OH is 1. The summed E-state index contributed by atoms with van der Waals surface area (Å²) in [4.78, 5) is 4.77. The molecule has 1 aromatic rings. The molecule has 1 heterocycles. The van der Waals surface area contributed by atoms with Crippen LogP contribution in [0.5, 0.6) is 0 Å². The highest BCUT2D eigenvalue weighted by molar-refractivity contribution is 5.53. The molecule has 1 unspecified atom stereocenters. The second kappa shape index (κ2) is 6.21. The van der Waals surface area contributed by atoms with E-state index in [9.17, 15) is 0 Å². The summed E-state index contributed by atoms with van der Waals surface area (Å²) in [5.41, 5.74) is 2.71. The predicted molar refractivity (Wildman–Crippen MR) is 76.1 cm³/mol. The molecule has 0 bridgehead atoms. The van der Waals surface area contributed by atoms with Gasteiger partial charge in [-0.15, -0.1) is 0 Å². The monoisotopic (exact) mass is 248 g/mol. The molecule has 18 heavy (non-hydrogen) atoms. The number of benzene rings is 1. The van der Waals surface area contributed by atoms with E-state index in [1.807, 2.05) is 0 Å². The van der Waals surface area contributed by atoms with E-state index < -0.39 is 0 Å². The summed E-state index contributed by atoms with van der Waals surface area (Å²) in [5.74, 6) is 0. The number of rotatable bonds is 4. The predicted octanol–water partition coefficient (Wildman–Crippen LogP) is 1.89. The van der Waals surface area contributed by atoms with Crippen molar-refractivity contribution in [1.82, 2.24) is 4.90 Å². The molecule has 1 aliphatic heterocycles. The topological polar surface area (TPSA) is 26.7 Å². The minimum Gasteiger partial charge on any atom is -0.395 e. The van der Waals surface area contributed by atoms with Gasteiger partial charge in [-0.3, -0.25) is 4.90 Å². The van der Waals surface area contributed by atoms with Crippen molar-refractivity contribution in [3.63, 3.8) is 0 Å². The molecule has 3 nitrogen and oxygen atoms in total. The molecule has 1 saturated heterocycles. The van der Waals surface area contributed by atoms with E-state index in [1.165, 1.54) is 24.1 Å². The van der Waals surface area contributed by atoms with Crippen LogP contribution in [0, 0.1) is 6.92 Å². The number of hydrogen-bond acceptors (Lipinski definition) is 3. The first kappa shape index (κ1) is 13.4. The lowest BCUT2D eigenvalue weighted by Crippen LogP contribution is -2.47. The smallest absolute Gasteiger partial charge is 0.0558 e. The van der Waals surface area contributed by atoms with Crippen LogP contribution in [0.15, 0.2) is 24.3 Å². The molecule has 0 radical (unpaired) electrons. The number of para-hydroxylation sites is 1. The van der Waals surface area contributed by atoms with Gasteiger partial charge in [0.2, 0.25) is 0 Å². The molecule has 1 N–H and O–H groups in total. The molecule has 0 amide bonds. The summed E-state index contributed by atoms with van der Waals surface area (Å²) in [6, 6.07) is 9.16. The Morgan fingerprint density at radius 1 is 1.39 bits per heavy atom. The molecule has 1 aromatic carbocycles. The largest absolute Gasteiger partial charge is 0.395 e. The number of anilines is 1. The van der Waals surface area contributed by atoms with E-state index in [0.717, 1.165) is 19.6 Å². The van der Waals surface area contributed by atoms with Gasteiger partial charge in [0.05, 0.1) is 6.61 Å². The van der Waals surface area contributed by atoms with Crippen molar-refractivity contribution in [2.45, 2.75) is 25.8 Å². The second-order valence-corrected chi connectivity index (χ2v) is 5.23. The molecule has 0 aliphatic carbocycles. The molecular weight excluding hydrogens is 224 g/mol. The Bertz CT molecular complexity index is 381. The van der Waals surface area contributed by atoms with Gasteiger partial charge in [-0.05, 0) is 38.4 Å².